The first-order valence-corrected chi connectivity index (χ1v) is 7.37. The van der Waals surface area contributed by atoms with E-state index in [1.165, 1.54) is 0 Å². The normalized spacial score (nSPS) is 19.7. The minimum atomic E-state index is -0.901. The van der Waals surface area contributed by atoms with Crippen molar-refractivity contribution in [2.24, 2.45) is 0 Å². The Hall–Kier alpha value is -2.04. The Kier molecular flexibility index (Phi) is 3.35. The zero-order chi connectivity index (χ0) is 15.0. The van der Waals surface area contributed by atoms with Gasteiger partial charge in [-0.15, -0.1) is 0 Å². The zero-order valence-corrected chi connectivity index (χ0v) is 12.4. The largest absolute Gasteiger partial charge is 0.476 e. The highest BCUT2D eigenvalue weighted by Gasteiger charge is 2.40. The number of fused-ring (bicyclic) bond motifs is 1. The van der Waals surface area contributed by atoms with Crippen LogP contribution in [0.3, 0.4) is 0 Å². The van der Waals surface area contributed by atoms with E-state index in [1.54, 1.807) is 18.7 Å². The summed E-state index contributed by atoms with van der Waals surface area (Å²) in [7, 11) is 0. The van der Waals surface area contributed by atoms with Gasteiger partial charge in [0.05, 0.1) is 5.69 Å². The molecule has 112 valence electrons. The summed E-state index contributed by atoms with van der Waals surface area (Å²) in [6.45, 7) is 3.88. The summed E-state index contributed by atoms with van der Waals surface area (Å²) in [5.74, 6) is 0.581. The van der Waals surface area contributed by atoms with Crippen LogP contribution < -0.4 is 15.0 Å². The zero-order valence-electron chi connectivity index (χ0n) is 12.4. The van der Waals surface area contributed by atoms with E-state index >= 15 is 0 Å². The van der Waals surface area contributed by atoms with Gasteiger partial charge in [-0.1, -0.05) is 12.1 Å². The van der Waals surface area contributed by atoms with Gasteiger partial charge in [0.25, 0.3) is 5.91 Å². The number of carbonyl (C=O) groups is 2. The summed E-state index contributed by atoms with van der Waals surface area (Å²) >= 11 is 0. The number of rotatable bonds is 4. The third-order valence-electron chi connectivity index (χ3n) is 3.79. The molecule has 1 aliphatic heterocycles. The maximum Gasteiger partial charge on any atom is 0.270 e. The molecule has 1 fully saturated rings. The maximum atomic E-state index is 12.5. The van der Waals surface area contributed by atoms with Gasteiger partial charge in [-0.3, -0.25) is 9.59 Å². The highest BCUT2D eigenvalue weighted by molar-refractivity contribution is 6.02. The van der Waals surface area contributed by atoms with E-state index < -0.39 is 5.60 Å². The molecule has 1 heterocycles. The predicted octanol–water partition coefficient (Wildman–Crippen LogP) is 1.86. The Bertz CT molecular complexity index is 579. The molecule has 0 aromatic heterocycles. The van der Waals surface area contributed by atoms with Crippen molar-refractivity contribution >= 4 is 17.5 Å². The molecule has 0 unspecified atom stereocenters. The number of ether oxygens (including phenoxy) is 1. The number of para-hydroxylation sites is 2. The summed E-state index contributed by atoms with van der Waals surface area (Å²) in [6.07, 6.45) is 2.45. The lowest BCUT2D eigenvalue weighted by atomic mass is 10.0. The van der Waals surface area contributed by atoms with Gasteiger partial charge < -0.3 is 15.0 Å². The van der Waals surface area contributed by atoms with Crippen molar-refractivity contribution < 1.29 is 14.3 Å². The Balaban J connectivity index is 1.75. The Morgan fingerprint density at radius 1 is 1.38 bits per heavy atom. The van der Waals surface area contributed by atoms with Gasteiger partial charge in [-0.25, -0.2) is 0 Å². The molecule has 5 nitrogen and oxygen atoms in total. The molecule has 3 rings (SSSR count). The van der Waals surface area contributed by atoms with Gasteiger partial charge in [-0.05, 0) is 38.8 Å². The van der Waals surface area contributed by atoms with E-state index in [9.17, 15) is 9.59 Å². The van der Waals surface area contributed by atoms with Gasteiger partial charge in [0.15, 0.2) is 5.60 Å². The second kappa shape index (κ2) is 5.06. The van der Waals surface area contributed by atoms with Crippen LogP contribution in [-0.4, -0.2) is 30.0 Å². The van der Waals surface area contributed by atoms with Crippen LogP contribution >= 0.6 is 0 Å². The number of anilines is 1. The van der Waals surface area contributed by atoms with Gasteiger partial charge in [-0.2, -0.15) is 0 Å². The van der Waals surface area contributed by atoms with Crippen LogP contribution in [0.25, 0.3) is 0 Å². The van der Waals surface area contributed by atoms with E-state index in [0.29, 0.717) is 24.8 Å². The van der Waals surface area contributed by atoms with Crippen molar-refractivity contribution in [3.63, 3.8) is 0 Å². The fourth-order valence-corrected chi connectivity index (χ4v) is 2.48. The molecule has 1 aromatic rings. The summed E-state index contributed by atoms with van der Waals surface area (Å²) in [4.78, 5) is 26.0. The van der Waals surface area contributed by atoms with Gasteiger partial charge in [0, 0.05) is 19.0 Å². The topological polar surface area (TPSA) is 58.6 Å². The lowest BCUT2D eigenvalue weighted by molar-refractivity contribution is -0.132. The van der Waals surface area contributed by atoms with Crippen LogP contribution in [-0.2, 0) is 9.59 Å². The molecule has 0 spiro atoms. The number of hydrogen-bond acceptors (Lipinski definition) is 3. The van der Waals surface area contributed by atoms with Crippen LogP contribution in [0.5, 0.6) is 5.75 Å². The van der Waals surface area contributed by atoms with E-state index in [4.69, 9.17) is 4.74 Å². The average Bonchev–Trinajstić information content (AvgIpc) is 3.23. The molecule has 21 heavy (non-hydrogen) atoms. The summed E-state index contributed by atoms with van der Waals surface area (Å²) in [5.41, 5.74) is -0.164. The molecule has 0 bridgehead atoms. The first kappa shape index (κ1) is 13.9. The number of benzene rings is 1. The third-order valence-corrected chi connectivity index (χ3v) is 3.79. The first-order valence-electron chi connectivity index (χ1n) is 7.37. The molecule has 1 saturated carbocycles. The summed E-state index contributed by atoms with van der Waals surface area (Å²) in [6, 6.07) is 7.79. The average molecular weight is 288 g/mol. The molecular weight excluding hydrogens is 268 g/mol. The number of hydrogen-bond donors (Lipinski definition) is 1. The van der Waals surface area contributed by atoms with E-state index in [1.807, 2.05) is 24.3 Å². The van der Waals surface area contributed by atoms with Crippen molar-refractivity contribution in [3.8, 4) is 5.75 Å². The molecule has 1 aromatic carbocycles. The first-order chi connectivity index (χ1) is 9.97. The van der Waals surface area contributed by atoms with E-state index in [2.05, 4.69) is 5.32 Å². The number of nitrogens with one attached hydrogen (secondary N) is 1. The molecule has 1 aliphatic carbocycles. The second-order valence-electron chi connectivity index (χ2n) is 6.13. The van der Waals surface area contributed by atoms with Gasteiger partial charge in [0.1, 0.15) is 5.75 Å². The molecule has 5 heteroatoms. The van der Waals surface area contributed by atoms with Crippen LogP contribution in [0.2, 0.25) is 0 Å². The number of nitrogens with zero attached hydrogens (tertiary/aromatic N) is 1. The van der Waals surface area contributed by atoms with Crippen molar-refractivity contribution in [1.29, 1.82) is 0 Å². The lowest BCUT2D eigenvalue weighted by Crippen LogP contribution is -2.53. The van der Waals surface area contributed by atoms with Crippen LogP contribution in [0.1, 0.15) is 33.1 Å². The molecule has 2 amide bonds. The second-order valence-corrected chi connectivity index (χ2v) is 6.13. The monoisotopic (exact) mass is 288 g/mol. The molecule has 0 saturated heterocycles. The van der Waals surface area contributed by atoms with Gasteiger partial charge in [0.2, 0.25) is 5.91 Å². The van der Waals surface area contributed by atoms with Crippen LogP contribution in [0, 0.1) is 0 Å². The highest BCUT2D eigenvalue weighted by atomic mass is 16.5. The highest BCUT2D eigenvalue weighted by Crippen LogP contribution is 2.37. The molecule has 0 radical (unpaired) electrons. The lowest BCUT2D eigenvalue weighted by Gasteiger charge is -2.38. The maximum absolute atomic E-state index is 12.5. The molecular formula is C16H20N2O3. The SMILES string of the molecule is CC1(C)Oc2ccccc2N(CCC(=O)NC2CC2)C1=O. The van der Waals surface area contributed by atoms with Crippen molar-refractivity contribution in [2.75, 3.05) is 11.4 Å². The standard InChI is InChI=1S/C16H20N2O3/c1-16(2)15(20)18(10-9-14(19)17-11-7-8-11)12-5-3-4-6-13(12)21-16/h3-6,11H,7-10H2,1-2H3,(H,17,19). The van der Waals surface area contributed by atoms with Gasteiger partial charge >= 0.3 is 0 Å². The third kappa shape index (κ3) is 2.86. The fraction of sp³-hybridized carbons (Fsp3) is 0.500. The van der Waals surface area contributed by atoms with Crippen molar-refractivity contribution in [1.82, 2.24) is 5.32 Å². The fourth-order valence-electron chi connectivity index (χ4n) is 2.48. The van der Waals surface area contributed by atoms with E-state index in [-0.39, 0.29) is 11.8 Å². The predicted molar refractivity (Wildman–Crippen MR) is 79.3 cm³/mol. The van der Waals surface area contributed by atoms with Crippen LogP contribution in [0.4, 0.5) is 5.69 Å². The minimum absolute atomic E-state index is 0.00655. The molecule has 2 aliphatic rings. The van der Waals surface area contributed by atoms with E-state index in [0.717, 1.165) is 18.5 Å². The number of carbonyl (C=O) groups excluding carboxylic acids is 2. The Morgan fingerprint density at radius 2 is 2.10 bits per heavy atom. The quantitative estimate of drug-likeness (QED) is 0.920. The van der Waals surface area contributed by atoms with Crippen LogP contribution in [0.15, 0.2) is 24.3 Å². The molecule has 1 N–H and O–H groups in total. The Labute approximate surface area is 124 Å². The smallest absolute Gasteiger partial charge is 0.270 e. The minimum Gasteiger partial charge on any atom is -0.476 e. The molecule has 0 atom stereocenters. The Morgan fingerprint density at radius 3 is 2.81 bits per heavy atom. The van der Waals surface area contributed by atoms with Crippen molar-refractivity contribution in [2.45, 2.75) is 44.8 Å². The number of amides is 2. The summed E-state index contributed by atoms with van der Waals surface area (Å²) in [5, 5.41) is 2.94. The summed E-state index contributed by atoms with van der Waals surface area (Å²) < 4.78 is 5.75. The van der Waals surface area contributed by atoms with Crippen molar-refractivity contribution in [3.05, 3.63) is 24.3 Å².